The second kappa shape index (κ2) is 6.56. The molecular formula is C22H19N3O. The van der Waals surface area contributed by atoms with Crippen LogP contribution in [0.3, 0.4) is 0 Å². The van der Waals surface area contributed by atoms with Gasteiger partial charge in [-0.1, -0.05) is 43.3 Å². The van der Waals surface area contributed by atoms with E-state index in [-0.39, 0.29) is 5.91 Å². The molecule has 0 radical (unpaired) electrons. The van der Waals surface area contributed by atoms with Crippen molar-refractivity contribution in [3.63, 3.8) is 0 Å². The number of amides is 1. The topological polar surface area (TPSA) is 54.9 Å². The van der Waals surface area contributed by atoms with Crippen molar-refractivity contribution in [3.8, 4) is 0 Å². The Hall–Kier alpha value is -3.27. The number of nitrogens with one attached hydrogen (secondary N) is 1. The number of nitrogens with zero attached hydrogens (tertiary/aromatic N) is 2. The minimum absolute atomic E-state index is 0.131. The molecule has 4 rings (SSSR count). The Kier molecular flexibility index (Phi) is 4.09. The van der Waals surface area contributed by atoms with Crippen LogP contribution in [0, 0.1) is 6.92 Å². The second-order valence-electron chi connectivity index (χ2n) is 6.26. The van der Waals surface area contributed by atoms with Crippen LogP contribution >= 0.6 is 0 Å². The Morgan fingerprint density at radius 1 is 1.04 bits per heavy atom. The molecule has 2 aromatic carbocycles. The van der Waals surface area contributed by atoms with Crippen LogP contribution in [0.2, 0.25) is 0 Å². The molecule has 2 heterocycles. The van der Waals surface area contributed by atoms with Gasteiger partial charge in [0.25, 0.3) is 5.91 Å². The first-order chi connectivity index (χ1) is 12.7. The minimum Gasteiger partial charge on any atom is -0.320 e. The average molecular weight is 341 g/mol. The van der Waals surface area contributed by atoms with Gasteiger partial charge in [0.1, 0.15) is 0 Å². The zero-order valence-corrected chi connectivity index (χ0v) is 14.8. The summed E-state index contributed by atoms with van der Waals surface area (Å²) in [6, 6.07) is 17.4. The minimum atomic E-state index is -0.131. The highest BCUT2D eigenvalue weighted by Gasteiger charge is 2.18. The van der Waals surface area contributed by atoms with Crippen molar-refractivity contribution in [1.29, 1.82) is 0 Å². The van der Waals surface area contributed by atoms with E-state index in [1.165, 1.54) is 0 Å². The van der Waals surface area contributed by atoms with Crippen molar-refractivity contribution in [2.75, 3.05) is 5.32 Å². The van der Waals surface area contributed by atoms with Crippen molar-refractivity contribution in [2.24, 2.45) is 0 Å². The summed E-state index contributed by atoms with van der Waals surface area (Å²) in [5.41, 5.74) is 4.90. The third kappa shape index (κ3) is 2.69. The summed E-state index contributed by atoms with van der Waals surface area (Å²) in [6.07, 6.45) is 2.52. The summed E-state index contributed by atoms with van der Waals surface area (Å²) in [5, 5.41) is 4.92. The maximum atomic E-state index is 13.2. The molecule has 0 bridgehead atoms. The summed E-state index contributed by atoms with van der Waals surface area (Å²) in [4.78, 5) is 22.3. The predicted molar refractivity (Wildman–Crippen MR) is 106 cm³/mol. The van der Waals surface area contributed by atoms with Crippen molar-refractivity contribution in [1.82, 2.24) is 9.97 Å². The van der Waals surface area contributed by atoms with Gasteiger partial charge in [0.05, 0.1) is 22.3 Å². The Labute approximate surface area is 151 Å². The van der Waals surface area contributed by atoms with E-state index in [9.17, 15) is 4.79 Å². The van der Waals surface area contributed by atoms with Crippen LogP contribution in [-0.4, -0.2) is 15.9 Å². The van der Waals surface area contributed by atoms with E-state index in [1.807, 2.05) is 61.5 Å². The van der Waals surface area contributed by atoms with Crippen molar-refractivity contribution in [2.45, 2.75) is 20.3 Å². The SMILES string of the molecule is CCc1nc2ccccc2c(C(=O)Nc2cccc3cccnc23)c1C. The highest BCUT2D eigenvalue weighted by molar-refractivity contribution is 6.15. The Morgan fingerprint density at radius 3 is 2.69 bits per heavy atom. The summed E-state index contributed by atoms with van der Waals surface area (Å²) in [6.45, 7) is 4.02. The number of benzene rings is 2. The lowest BCUT2D eigenvalue weighted by molar-refractivity contribution is 0.102. The molecule has 0 aliphatic carbocycles. The van der Waals surface area contributed by atoms with Gasteiger partial charge in [-0.25, -0.2) is 0 Å². The fourth-order valence-corrected chi connectivity index (χ4v) is 3.38. The van der Waals surface area contributed by atoms with Gasteiger partial charge in [0, 0.05) is 22.7 Å². The number of fused-ring (bicyclic) bond motifs is 2. The molecule has 1 N–H and O–H groups in total. The van der Waals surface area contributed by atoms with Crippen LogP contribution in [-0.2, 0) is 6.42 Å². The van der Waals surface area contributed by atoms with Gasteiger partial charge in [-0.3, -0.25) is 14.8 Å². The smallest absolute Gasteiger partial charge is 0.256 e. The lowest BCUT2D eigenvalue weighted by Gasteiger charge is -2.14. The number of rotatable bonds is 3. The largest absolute Gasteiger partial charge is 0.320 e. The molecule has 4 aromatic rings. The molecular weight excluding hydrogens is 322 g/mol. The van der Waals surface area contributed by atoms with E-state index in [0.29, 0.717) is 11.3 Å². The lowest BCUT2D eigenvalue weighted by atomic mass is 9.99. The van der Waals surface area contributed by atoms with Crippen LogP contribution in [0.25, 0.3) is 21.8 Å². The molecule has 0 saturated carbocycles. The maximum Gasteiger partial charge on any atom is 0.256 e. The summed E-state index contributed by atoms with van der Waals surface area (Å²) >= 11 is 0. The number of hydrogen-bond acceptors (Lipinski definition) is 3. The number of carbonyl (C=O) groups is 1. The highest BCUT2D eigenvalue weighted by atomic mass is 16.1. The maximum absolute atomic E-state index is 13.2. The number of aromatic nitrogens is 2. The fraction of sp³-hybridized carbons (Fsp3) is 0.136. The van der Waals surface area contributed by atoms with Crippen LogP contribution in [0.5, 0.6) is 0 Å². The normalized spacial score (nSPS) is 11.0. The van der Waals surface area contributed by atoms with E-state index in [4.69, 9.17) is 4.98 Å². The number of hydrogen-bond donors (Lipinski definition) is 1. The third-order valence-electron chi connectivity index (χ3n) is 4.68. The zero-order chi connectivity index (χ0) is 18.1. The first kappa shape index (κ1) is 16.2. The molecule has 0 aliphatic rings. The van der Waals surface area contributed by atoms with Crippen LogP contribution < -0.4 is 5.32 Å². The second-order valence-corrected chi connectivity index (χ2v) is 6.26. The molecule has 2 aromatic heterocycles. The first-order valence-corrected chi connectivity index (χ1v) is 8.72. The van der Waals surface area contributed by atoms with Gasteiger partial charge in [0.2, 0.25) is 0 Å². The van der Waals surface area contributed by atoms with Crippen LogP contribution in [0.15, 0.2) is 60.8 Å². The molecule has 4 nitrogen and oxygen atoms in total. The Balaban J connectivity index is 1.85. The molecule has 0 unspecified atom stereocenters. The molecule has 0 saturated heterocycles. The molecule has 4 heteroatoms. The van der Waals surface area contributed by atoms with E-state index >= 15 is 0 Å². The Bertz CT molecular complexity index is 1130. The average Bonchev–Trinajstić information content (AvgIpc) is 2.67. The molecule has 0 fully saturated rings. The fourth-order valence-electron chi connectivity index (χ4n) is 3.38. The van der Waals surface area contributed by atoms with Gasteiger partial charge in [-0.05, 0) is 37.1 Å². The van der Waals surface area contributed by atoms with E-state index in [1.54, 1.807) is 6.20 Å². The molecule has 26 heavy (non-hydrogen) atoms. The van der Waals surface area contributed by atoms with Crippen LogP contribution in [0.4, 0.5) is 5.69 Å². The number of para-hydroxylation sites is 2. The molecule has 0 spiro atoms. The van der Waals surface area contributed by atoms with Crippen LogP contribution in [0.1, 0.15) is 28.5 Å². The van der Waals surface area contributed by atoms with E-state index in [2.05, 4.69) is 17.2 Å². The van der Waals surface area contributed by atoms with Crippen molar-refractivity contribution < 1.29 is 4.79 Å². The standard InChI is InChI=1S/C22H19N3O/c1-3-17-14(2)20(16-10-4-5-11-18(16)24-17)22(26)25-19-12-6-8-15-9-7-13-23-21(15)19/h4-13H,3H2,1-2H3,(H,25,26). The third-order valence-corrected chi connectivity index (χ3v) is 4.68. The van der Waals surface area contributed by atoms with Gasteiger partial charge in [-0.2, -0.15) is 0 Å². The molecule has 1 amide bonds. The first-order valence-electron chi connectivity index (χ1n) is 8.72. The summed E-state index contributed by atoms with van der Waals surface area (Å²) in [5.74, 6) is -0.131. The predicted octanol–water partition coefficient (Wildman–Crippen LogP) is 4.91. The van der Waals surface area contributed by atoms with Gasteiger partial charge >= 0.3 is 0 Å². The van der Waals surface area contributed by atoms with Crippen molar-refractivity contribution in [3.05, 3.63) is 77.6 Å². The van der Waals surface area contributed by atoms with E-state index in [0.717, 1.165) is 39.5 Å². The summed E-state index contributed by atoms with van der Waals surface area (Å²) in [7, 11) is 0. The number of pyridine rings is 2. The van der Waals surface area contributed by atoms with Crippen molar-refractivity contribution >= 4 is 33.4 Å². The number of carbonyl (C=O) groups excluding carboxylic acids is 1. The monoisotopic (exact) mass is 341 g/mol. The van der Waals surface area contributed by atoms with Gasteiger partial charge in [0.15, 0.2) is 0 Å². The van der Waals surface area contributed by atoms with Gasteiger partial charge in [-0.15, -0.1) is 0 Å². The molecule has 0 atom stereocenters. The number of anilines is 1. The quantitative estimate of drug-likeness (QED) is 0.576. The molecule has 128 valence electrons. The Morgan fingerprint density at radius 2 is 1.85 bits per heavy atom. The van der Waals surface area contributed by atoms with E-state index < -0.39 is 0 Å². The highest BCUT2D eigenvalue weighted by Crippen LogP contribution is 2.26. The lowest BCUT2D eigenvalue weighted by Crippen LogP contribution is -2.16. The van der Waals surface area contributed by atoms with Gasteiger partial charge < -0.3 is 5.32 Å². The summed E-state index contributed by atoms with van der Waals surface area (Å²) < 4.78 is 0. The molecule has 0 aliphatic heterocycles. The zero-order valence-electron chi connectivity index (χ0n) is 14.8. The number of aryl methyl sites for hydroxylation is 1.